The molecule has 1 aromatic carbocycles. The van der Waals surface area contributed by atoms with E-state index in [0.717, 1.165) is 0 Å². The molecule has 10 heteroatoms. The second-order valence-corrected chi connectivity index (χ2v) is 8.80. The Labute approximate surface area is 190 Å². The predicted molar refractivity (Wildman–Crippen MR) is 122 cm³/mol. The lowest BCUT2D eigenvalue weighted by Crippen LogP contribution is -2.40. The maximum absolute atomic E-state index is 12.7. The van der Waals surface area contributed by atoms with Crippen LogP contribution in [-0.4, -0.2) is 45.6 Å². The first-order valence-corrected chi connectivity index (χ1v) is 10.3. The molecule has 1 aromatic heterocycles. The van der Waals surface area contributed by atoms with Crippen molar-refractivity contribution in [2.75, 3.05) is 17.2 Å². The first-order chi connectivity index (χ1) is 15.0. The summed E-state index contributed by atoms with van der Waals surface area (Å²) in [7, 11) is 0. The Morgan fingerprint density at radius 3 is 2.62 bits per heavy atom. The first-order valence-electron chi connectivity index (χ1n) is 9.92. The van der Waals surface area contributed by atoms with Gasteiger partial charge in [0.05, 0.1) is 18.8 Å². The van der Waals surface area contributed by atoms with E-state index in [0.29, 0.717) is 16.3 Å². The largest absolute Gasteiger partial charge is 0.492 e. The molecule has 0 fully saturated rings. The number of nitrogens with one attached hydrogen (secondary N) is 2. The van der Waals surface area contributed by atoms with E-state index >= 15 is 0 Å². The summed E-state index contributed by atoms with van der Waals surface area (Å²) in [6.07, 6.45) is 2.71. The van der Waals surface area contributed by atoms with E-state index in [1.165, 1.54) is 23.5 Å². The molecule has 2 aromatic rings. The fraction of sp³-hybridized carbons (Fsp3) is 0.318. The topological polar surface area (TPSA) is 124 Å². The van der Waals surface area contributed by atoms with Gasteiger partial charge < -0.3 is 15.7 Å². The molecule has 0 aliphatic carbocycles. The highest BCUT2D eigenvalue weighted by Crippen LogP contribution is 2.33. The summed E-state index contributed by atoms with van der Waals surface area (Å²) in [6, 6.07) is 7.55. The van der Waals surface area contributed by atoms with Crippen LogP contribution < -0.4 is 10.6 Å². The molecule has 0 spiro atoms. The van der Waals surface area contributed by atoms with Gasteiger partial charge in [-0.25, -0.2) is 4.98 Å². The van der Waals surface area contributed by atoms with E-state index in [-0.39, 0.29) is 36.3 Å². The normalized spacial score (nSPS) is 16.1. The van der Waals surface area contributed by atoms with Crippen LogP contribution in [0.5, 0.6) is 5.88 Å². The van der Waals surface area contributed by atoms with Crippen molar-refractivity contribution in [2.24, 2.45) is 10.4 Å². The summed E-state index contributed by atoms with van der Waals surface area (Å²) in [5, 5.41) is 15.5. The van der Waals surface area contributed by atoms with Gasteiger partial charge in [0.2, 0.25) is 23.6 Å². The number of hydrogen-bond acceptors (Lipinski definition) is 6. The SMILES string of the molecule is CC(C)(C)C(=O)Nc1cc(Cl)ccc1C1CC(=O)N(CC(=O)Nc2cccnc2O)C=N1. The molecular weight excluding hydrogens is 434 g/mol. The molecule has 32 heavy (non-hydrogen) atoms. The van der Waals surface area contributed by atoms with Gasteiger partial charge in [0, 0.05) is 27.9 Å². The van der Waals surface area contributed by atoms with Crippen molar-refractivity contribution < 1.29 is 19.5 Å². The van der Waals surface area contributed by atoms with E-state index < -0.39 is 17.4 Å². The van der Waals surface area contributed by atoms with Crippen LogP contribution in [0.15, 0.2) is 41.5 Å². The summed E-state index contributed by atoms with van der Waals surface area (Å²) in [5.74, 6) is -1.31. The maximum Gasteiger partial charge on any atom is 0.244 e. The summed E-state index contributed by atoms with van der Waals surface area (Å²) < 4.78 is 0. The van der Waals surface area contributed by atoms with Gasteiger partial charge in [0.1, 0.15) is 12.2 Å². The van der Waals surface area contributed by atoms with Gasteiger partial charge >= 0.3 is 0 Å². The molecule has 1 atom stereocenters. The Bertz CT molecular complexity index is 1080. The number of hydrogen-bond donors (Lipinski definition) is 3. The van der Waals surface area contributed by atoms with Gasteiger partial charge in [-0.3, -0.25) is 24.3 Å². The monoisotopic (exact) mass is 457 g/mol. The highest BCUT2D eigenvalue weighted by molar-refractivity contribution is 6.31. The highest BCUT2D eigenvalue weighted by atomic mass is 35.5. The zero-order chi connectivity index (χ0) is 23.5. The van der Waals surface area contributed by atoms with Crippen LogP contribution in [-0.2, 0) is 14.4 Å². The van der Waals surface area contributed by atoms with Gasteiger partial charge in [-0.2, -0.15) is 0 Å². The standard InChI is InChI=1S/C22H24ClN5O4/c1-22(2,3)21(32)27-17-9-13(23)6-7-14(17)16-10-19(30)28(12-25-16)11-18(29)26-15-5-4-8-24-20(15)31/h4-9,12,16H,10-11H2,1-3H3,(H,24,31)(H,26,29)(H,27,32). The Kier molecular flexibility index (Phi) is 6.78. The average molecular weight is 458 g/mol. The smallest absolute Gasteiger partial charge is 0.244 e. The van der Waals surface area contributed by atoms with Crippen molar-refractivity contribution in [3.63, 3.8) is 0 Å². The lowest BCUT2D eigenvalue weighted by Gasteiger charge is -2.27. The third kappa shape index (κ3) is 5.61. The number of nitrogens with zero attached hydrogens (tertiary/aromatic N) is 3. The minimum absolute atomic E-state index is 0.0158. The molecule has 3 amide bonds. The minimum atomic E-state index is -0.613. The lowest BCUT2D eigenvalue weighted by atomic mass is 9.94. The summed E-state index contributed by atoms with van der Waals surface area (Å²) in [5.41, 5.74) is 0.682. The van der Waals surface area contributed by atoms with Crippen molar-refractivity contribution in [3.05, 3.63) is 47.1 Å². The predicted octanol–water partition coefficient (Wildman–Crippen LogP) is 3.37. The number of benzene rings is 1. The van der Waals surface area contributed by atoms with Gasteiger partial charge in [-0.05, 0) is 24.3 Å². The van der Waals surface area contributed by atoms with Gasteiger partial charge in [0.15, 0.2) is 0 Å². The molecule has 2 heterocycles. The lowest BCUT2D eigenvalue weighted by molar-refractivity contribution is -0.131. The molecule has 1 unspecified atom stereocenters. The zero-order valence-electron chi connectivity index (χ0n) is 17.9. The van der Waals surface area contributed by atoms with Crippen LogP contribution >= 0.6 is 11.6 Å². The van der Waals surface area contributed by atoms with E-state index in [1.807, 2.05) is 0 Å². The van der Waals surface area contributed by atoms with Gasteiger partial charge in [0.25, 0.3) is 0 Å². The Morgan fingerprint density at radius 1 is 1.22 bits per heavy atom. The van der Waals surface area contributed by atoms with Crippen LogP contribution in [0.3, 0.4) is 0 Å². The number of aromatic hydroxyl groups is 1. The number of amides is 3. The number of aromatic nitrogens is 1. The van der Waals surface area contributed by atoms with Crippen molar-refractivity contribution >= 4 is 47.0 Å². The third-order valence-corrected chi connectivity index (χ3v) is 4.99. The number of carbonyl (C=O) groups excluding carboxylic acids is 3. The van der Waals surface area contributed by atoms with E-state index in [1.54, 1.807) is 45.0 Å². The molecule has 0 bridgehead atoms. The Hall–Kier alpha value is -3.46. The molecule has 9 nitrogen and oxygen atoms in total. The molecule has 1 aliphatic heterocycles. The fourth-order valence-electron chi connectivity index (χ4n) is 2.96. The molecule has 0 radical (unpaired) electrons. The molecular formula is C22H24ClN5O4. The molecule has 0 saturated carbocycles. The summed E-state index contributed by atoms with van der Waals surface area (Å²) in [6.45, 7) is 5.12. The average Bonchev–Trinajstić information content (AvgIpc) is 2.71. The number of rotatable bonds is 5. The van der Waals surface area contributed by atoms with Crippen molar-refractivity contribution in [3.8, 4) is 5.88 Å². The summed E-state index contributed by atoms with van der Waals surface area (Å²) in [4.78, 5) is 46.7. The quantitative estimate of drug-likeness (QED) is 0.635. The number of anilines is 2. The Balaban J connectivity index is 1.73. The zero-order valence-corrected chi connectivity index (χ0v) is 18.7. The van der Waals surface area contributed by atoms with Crippen LogP contribution in [0.2, 0.25) is 5.02 Å². The second kappa shape index (κ2) is 9.35. The van der Waals surface area contributed by atoms with E-state index in [4.69, 9.17) is 11.6 Å². The van der Waals surface area contributed by atoms with Crippen LogP contribution in [0.25, 0.3) is 0 Å². The van der Waals surface area contributed by atoms with Crippen molar-refractivity contribution in [1.82, 2.24) is 9.88 Å². The maximum atomic E-state index is 12.7. The third-order valence-electron chi connectivity index (χ3n) is 4.75. The fourth-order valence-corrected chi connectivity index (χ4v) is 3.13. The minimum Gasteiger partial charge on any atom is -0.492 e. The number of carbonyl (C=O) groups is 3. The number of halogens is 1. The molecule has 3 N–H and O–H groups in total. The molecule has 168 valence electrons. The van der Waals surface area contributed by atoms with Gasteiger partial charge in [-0.1, -0.05) is 38.4 Å². The van der Waals surface area contributed by atoms with Crippen LogP contribution in [0.1, 0.15) is 38.8 Å². The molecule has 3 rings (SSSR count). The van der Waals surface area contributed by atoms with Crippen LogP contribution in [0, 0.1) is 5.41 Å². The highest BCUT2D eigenvalue weighted by Gasteiger charge is 2.29. The van der Waals surface area contributed by atoms with E-state index in [9.17, 15) is 19.5 Å². The summed E-state index contributed by atoms with van der Waals surface area (Å²) >= 11 is 6.11. The number of pyridine rings is 1. The van der Waals surface area contributed by atoms with E-state index in [2.05, 4.69) is 20.6 Å². The second-order valence-electron chi connectivity index (χ2n) is 8.36. The number of aliphatic imine (C=N–C) groups is 1. The Morgan fingerprint density at radius 2 is 1.97 bits per heavy atom. The van der Waals surface area contributed by atoms with Crippen molar-refractivity contribution in [2.45, 2.75) is 33.2 Å². The molecule has 1 aliphatic rings. The first kappa shape index (κ1) is 23.2. The van der Waals surface area contributed by atoms with Crippen molar-refractivity contribution in [1.29, 1.82) is 0 Å². The van der Waals surface area contributed by atoms with Crippen LogP contribution in [0.4, 0.5) is 11.4 Å². The molecule has 0 saturated heterocycles. The van der Waals surface area contributed by atoms with Gasteiger partial charge in [-0.15, -0.1) is 0 Å².